The van der Waals surface area contributed by atoms with Crippen molar-refractivity contribution in [1.29, 1.82) is 0 Å². The van der Waals surface area contributed by atoms with E-state index in [2.05, 4.69) is 4.99 Å². The molecule has 1 aromatic rings. The number of carbonyl (C=O) groups is 1. The summed E-state index contributed by atoms with van der Waals surface area (Å²) >= 11 is 0. The summed E-state index contributed by atoms with van der Waals surface area (Å²) in [7, 11) is 1.68. The second-order valence-electron chi connectivity index (χ2n) is 3.82. The maximum Gasteiger partial charge on any atom is 0.341 e. The predicted molar refractivity (Wildman–Crippen MR) is 76.9 cm³/mol. The highest BCUT2D eigenvalue weighted by molar-refractivity contribution is 5.90. The minimum absolute atomic E-state index is 0. The number of benzene rings is 1. The third kappa shape index (κ3) is 6.08. The SMILES string of the molecule is CC(OCc1ccccc1)N(C)/C(N)=N\C(N)=O.Cl. The van der Waals surface area contributed by atoms with Crippen LogP contribution in [-0.2, 0) is 11.3 Å². The summed E-state index contributed by atoms with van der Waals surface area (Å²) in [5, 5.41) is 0. The van der Waals surface area contributed by atoms with Gasteiger partial charge in [-0.2, -0.15) is 4.99 Å². The molecule has 0 aliphatic heterocycles. The van der Waals surface area contributed by atoms with Crippen molar-refractivity contribution in [2.24, 2.45) is 16.5 Å². The quantitative estimate of drug-likeness (QED) is 0.495. The number of ether oxygens (including phenoxy) is 1. The summed E-state index contributed by atoms with van der Waals surface area (Å²) in [6.45, 7) is 2.27. The molecule has 106 valence electrons. The lowest BCUT2D eigenvalue weighted by Gasteiger charge is -2.25. The molecule has 0 radical (unpaired) electrons. The molecule has 1 atom stereocenters. The van der Waals surface area contributed by atoms with Gasteiger partial charge in [0.1, 0.15) is 6.23 Å². The van der Waals surface area contributed by atoms with E-state index >= 15 is 0 Å². The fourth-order valence-electron chi connectivity index (χ4n) is 1.28. The van der Waals surface area contributed by atoms with E-state index in [0.717, 1.165) is 5.56 Å². The molecule has 1 aromatic carbocycles. The monoisotopic (exact) mass is 286 g/mol. The van der Waals surface area contributed by atoms with Crippen LogP contribution in [0.25, 0.3) is 0 Å². The molecule has 19 heavy (non-hydrogen) atoms. The van der Waals surface area contributed by atoms with Crippen molar-refractivity contribution in [2.75, 3.05) is 7.05 Å². The highest BCUT2D eigenvalue weighted by atomic mass is 35.5. The van der Waals surface area contributed by atoms with Gasteiger partial charge in [0.15, 0.2) is 0 Å². The summed E-state index contributed by atoms with van der Waals surface area (Å²) in [5.74, 6) is 0.0306. The van der Waals surface area contributed by atoms with Gasteiger partial charge in [0.05, 0.1) is 6.61 Å². The number of guanidine groups is 1. The number of carbonyl (C=O) groups excluding carboxylic acids is 1. The van der Waals surface area contributed by atoms with E-state index in [-0.39, 0.29) is 24.6 Å². The topological polar surface area (TPSA) is 93.9 Å². The lowest BCUT2D eigenvalue weighted by molar-refractivity contribution is -0.0145. The maximum atomic E-state index is 10.6. The second-order valence-corrected chi connectivity index (χ2v) is 3.82. The molecule has 0 saturated heterocycles. The first kappa shape index (κ1) is 17.2. The van der Waals surface area contributed by atoms with Crippen molar-refractivity contribution >= 4 is 24.4 Å². The van der Waals surface area contributed by atoms with Crippen LogP contribution in [0.15, 0.2) is 35.3 Å². The number of hydrogen-bond acceptors (Lipinski definition) is 2. The standard InChI is InChI=1S/C12H18N4O2.ClH/c1-9(16(2)11(13)15-12(14)17)18-8-10-6-4-3-5-7-10;/h3-7,9H,8H2,1-2H3,(H4,13,14,15,17);1H. The Hall–Kier alpha value is -1.79. The van der Waals surface area contributed by atoms with E-state index in [1.54, 1.807) is 7.05 Å². The Bertz CT molecular complexity index is 425. The zero-order valence-electron chi connectivity index (χ0n) is 10.9. The van der Waals surface area contributed by atoms with Gasteiger partial charge in [-0.25, -0.2) is 4.79 Å². The Morgan fingerprint density at radius 2 is 1.95 bits per heavy atom. The molecule has 4 N–H and O–H groups in total. The number of urea groups is 1. The molecule has 1 unspecified atom stereocenters. The Balaban J connectivity index is 0.00000324. The second kappa shape index (κ2) is 8.34. The average Bonchev–Trinajstić information content (AvgIpc) is 2.35. The summed E-state index contributed by atoms with van der Waals surface area (Å²) in [5.41, 5.74) is 11.6. The molecule has 0 fully saturated rings. The number of primary amides is 1. The van der Waals surface area contributed by atoms with Crippen molar-refractivity contribution in [3.63, 3.8) is 0 Å². The Morgan fingerprint density at radius 3 is 2.47 bits per heavy atom. The lowest BCUT2D eigenvalue weighted by Crippen LogP contribution is -2.42. The zero-order chi connectivity index (χ0) is 13.5. The molecule has 0 saturated carbocycles. The first-order valence-corrected chi connectivity index (χ1v) is 5.52. The Morgan fingerprint density at radius 1 is 1.37 bits per heavy atom. The van der Waals surface area contributed by atoms with E-state index in [9.17, 15) is 4.79 Å². The van der Waals surface area contributed by atoms with Gasteiger partial charge >= 0.3 is 6.03 Å². The summed E-state index contributed by atoms with van der Waals surface area (Å²) in [6, 6.07) is 8.93. The number of amides is 2. The number of aliphatic imine (C=N–C) groups is 1. The number of halogens is 1. The number of rotatable bonds is 4. The van der Waals surface area contributed by atoms with Crippen molar-refractivity contribution in [2.45, 2.75) is 19.8 Å². The molecule has 0 aromatic heterocycles. The number of hydrogen-bond donors (Lipinski definition) is 2. The fourth-order valence-corrected chi connectivity index (χ4v) is 1.28. The minimum atomic E-state index is -0.824. The average molecular weight is 287 g/mol. The molecule has 0 bridgehead atoms. The van der Waals surface area contributed by atoms with Crippen LogP contribution in [0.4, 0.5) is 4.79 Å². The van der Waals surface area contributed by atoms with Crippen LogP contribution in [0.5, 0.6) is 0 Å². The van der Waals surface area contributed by atoms with Crippen LogP contribution in [0.1, 0.15) is 12.5 Å². The third-order valence-corrected chi connectivity index (χ3v) is 2.47. The van der Waals surface area contributed by atoms with E-state index in [1.165, 1.54) is 4.90 Å². The van der Waals surface area contributed by atoms with Gasteiger partial charge in [0.2, 0.25) is 5.96 Å². The van der Waals surface area contributed by atoms with Gasteiger partial charge in [-0.15, -0.1) is 12.4 Å². The Kier molecular flexibility index (Phi) is 7.55. The third-order valence-electron chi connectivity index (χ3n) is 2.47. The largest absolute Gasteiger partial charge is 0.369 e. The first-order chi connectivity index (χ1) is 8.50. The predicted octanol–water partition coefficient (Wildman–Crippen LogP) is 1.30. The van der Waals surface area contributed by atoms with E-state index in [1.807, 2.05) is 37.3 Å². The van der Waals surface area contributed by atoms with Crippen LogP contribution in [0, 0.1) is 0 Å². The van der Waals surface area contributed by atoms with E-state index in [0.29, 0.717) is 6.61 Å². The number of nitrogens with zero attached hydrogens (tertiary/aromatic N) is 2. The van der Waals surface area contributed by atoms with Gasteiger partial charge in [-0.3, -0.25) is 0 Å². The van der Waals surface area contributed by atoms with Crippen LogP contribution >= 0.6 is 12.4 Å². The fraction of sp³-hybridized carbons (Fsp3) is 0.333. The van der Waals surface area contributed by atoms with Gasteiger partial charge in [-0.05, 0) is 12.5 Å². The van der Waals surface area contributed by atoms with Crippen molar-refractivity contribution in [3.05, 3.63) is 35.9 Å². The molecule has 1 rings (SSSR count). The molecule has 0 spiro atoms. The Labute approximate surface area is 118 Å². The van der Waals surface area contributed by atoms with Crippen LogP contribution < -0.4 is 11.5 Å². The smallest absolute Gasteiger partial charge is 0.341 e. The van der Waals surface area contributed by atoms with Crippen LogP contribution in [0.2, 0.25) is 0 Å². The van der Waals surface area contributed by atoms with Gasteiger partial charge in [-0.1, -0.05) is 30.3 Å². The molecular formula is C12H19ClN4O2. The van der Waals surface area contributed by atoms with Gasteiger partial charge in [0, 0.05) is 7.05 Å². The van der Waals surface area contributed by atoms with E-state index in [4.69, 9.17) is 16.2 Å². The van der Waals surface area contributed by atoms with Crippen LogP contribution in [0.3, 0.4) is 0 Å². The first-order valence-electron chi connectivity index (χ1n) is 5.52. The molecule has 6 nitrogen and oxygen atoms in total. The lowest BCUT2D eigenvalue weighted by atomic mass is 10.2. The normalized spacial score (nSPS) is 12.4. The summed E-state index contributed by atoms with van der Waals surface area (Å²) in [4.78, 5) is 15.6. The molecule has 0 aliphatic carbocycles. The molecule has 7 heteroatoms. The highest BCUT2D eigenvalue weighted by Gasteiger charge is 2.12. The highest BCUT2D eigenvalue weighted by Crippen LogP contribution is 2.05. The molecule has 0 aliphatic rings. The number of nitrogens with two attached hydrogens (primary N) is 2. The van der Waals surface area contributed by atoms with Gasteiger partial charge < -0.3 is 21.1 Å². The van der Waals surface area contributed by atoms with Gasteiger partial charge in [0.25, 0.3) is 0 Å². The van der Waals surface area contributed by atoms with Crippen LogP contribution in [-0.4, -0.2) is 30.2 Å². The molecule has 2 amide bonds. The summed E-state index contributed by atoms with van der Waals surface area (Å²) in [6.07, 6.45) is -0.312. The van der Waals surface area contributed by atoms with Crippen molar-refractivity contribution in [3.8, 4) is 0 Å². The van der Waals surface area contributed by atoms with E-state index < -0.39 is 6.03 Å². The molecular weight excluding hydrogens is 268 g/mol. The maximum absolute atomic E-state index is 10.6. The zero-order valence-corrected chi connectivity index (χ0v) is 11.8. The van der Waals surface area contributed by atoms with Crippen molar-refractivity contribution in [1.82, 2.24) is 4.90 Å². The molecule has 0 heterocycles. The minimum Gasteiger partial charge on any atom is -0.369 e. The summed E-state index contributed by atoms with van der Waals surface area (Å²) < 4.78 is 5.61. The van der Waals surface area contributed by atoms with Crippen molar-refractivity contribution < 1.29 is 9.53 Å².